The molecule has 104 valence electrons. The van der Waals surface area contributed by atoms with Crippen LogP contribution in [0.2, 0.25) is 0 Å². The fourth-order valence-electron chi connectivity index (χ4n) is 3.38. The van der Waals surface area contributed by atoms with Crippen LogP contribution in [0, 0.1) is 5.92 Å². The van der Waals surface area contributed by atoms with Crippen molar-refractivity contribution in [3.8, 4) is 0 Å². The molecule has 0 saturated heterocycles. The molecule has 1 unspecified atom stereocenters. The Morgan fingerprint density at radius 1 is 1.33 bits per heavy atom. The summed E-state index contributed by atoms with van der Waals surface area (Å²) < 4.78 is 5.65. The molecule has 0 radical (unpaired) electrons. The molecule has 1 saturated carbocycles. The van der Waals surface area contributed by atoms with Gasteiger partial charge < -0.3 is 10.1 Å². The Kier molecular flexibility index (Phi) is 5.71. The van der Waals surface area contributed by atoms with Crippen LogP contribution in [0.1, 0.15) is 58.3 Å². The van der Waals surface area contributed by atoms with Crippen LogP contribution in [0.15, 0.2) is 11.6 Å². The van der Waals surface area contributed by atoms with Crippen molar-refractivity contribution in [3.05, 3.63) is 11.6 Å². The Labute approximate surface area is 112 Å². The van der Waals surface area contributed by atoms with Crippen LogP contribution in [-0.2, 0) is 4.74 Å². The standard InChI is InChI=1S/C16H29NO/c1-3-18-15-10-13(11-15)12-16(17-2)14-8-6-4-5-7-9-14/h8,13,15-17H,3-7,9-12H2,1-2H3. The first-order valence-electron chi connectivity index (χ1n) is 7.81. The van der Waals surface area contributed by atoms with E-state index in [1.165, 1.54) is 51.4 Å². The predicted octanol–water partition coefficient (Wildman–Crippen LogP) is 3.67. The molecule has 18 heavy (non-hydrogen) atoms. The molecule has 1 N–H and O–H groups in total. The lowest BCUT2D eigenvalue weighted by Crippen LogP contribution is -2.37. The highest BCUT2D eigenvalue weighted by Gasteiger charge is 2.31. The van der Waals surface area contributed by atoms with E-state index in [4.69, 9.17) is 4.74 Å². The van der Waals surface area contributed by atoms with Crippen molar-refractivity contribution in [1.82, 2.24) is 5.32 Å². The van der Waals surface area contributed by atoms with Gasteiger partial charge in [0.2, 0.25) is 0 Å². The van der Waals surface area contributed by atoms with E-state index in [0.717, 1.165) is 12.5 Å². The van der Waals surface area contributed by atoms with Crippen molar-refractivity contribution >= 4 is 0 Å². The van der Waals surface area contributed by atoms with E-state index in [0.29, 0.717) is 12.1 Å². The second-order valence-corrected chi connectivity index (χ2v) is 5.87. The number of hydrogen-bond donors (Lipinski definition) is 1. The van der Waals surface area contributed by atoms with Gasteiger partial charge in [0.25, 0.3) is 0 Å². The molecular formula is C16H29NO. The Balaban J connectivity index is 1.77. The average molecular weight is 251 g/mol. The zero-order valence-electron chi connectivity index (χ0n) is 12.1. The molecule has 0 aliphatic heterocycles. The Morgan fingerprint density at radius 3 is 2.89 bits per heavy atom. The van der Waals surface area contributed by atoms with Gasteiger partial charge in [-0.1, -0.05) is 18.1 Å². The maximum Gasteiger partial charge on any atom is 0.0580 e. The van der Waals surface area contributed by atoms with Crippen LogP contribution in [0.4, 0.5) is 0 Å². The third-order valence-electron chi connectivity index (χ3n) is 4.54. The van der Waals surface area contributed by atoms with Crippen LogP contribution < -0.4 is 5.32 Å². The van der Waals surface area contributed by atoms with E-state index in [2.05, 4.69) is 25.4 Å². The van der Waals surface area contributed by atoms with Crippen molar-refractivity contribution in [2.75, 3.05) is 13.7 Å². The van der Waals surface area contributed by atoms with Crippen LogP contribution in [-0.4, -0.2) is 25.8 Å². The molecular weight excluding hydrogens is 222 g/mol. The van der Waals surface area contributed by atoms with Gasteiger partial charge in [-0.2, -0.15) is 0 Å². The molecule has 0 aromatic carbocycles. The molecule has 0 aromatic heterocycles. The maximum atomic E-state index is 5.65. The minimum atomic E-state index is 0.556. The van der Waals surface area contributed by atoms with Gasteiger partial charge in [-0.05, 0) is 64.8 Å². The first kappa shape index (κ1) is 14.1. The summed E-state index contributed by atoms with van der Waals surface area (Å²) in [7, 11) is 2.12. The summed E-state index contributed by atoms with van der Waals surface area (Å²) in [6.45, 7) is 2.97. The minimum Gasteiger partial charge on any atom is -0.378 e. The molecule has 2 nitrogen and oxygen atoms in total. The van der Waals surface area contributed by atoms with Crippen molar-refractivity contribution in [1.29, 1.82) is 0 Å². The zero-order chi connectivity index (χ0) is 12.8. The summed E-state index contributed by atoms with van der Waals surface area (Å²) in [6, 6.07) is 0.621. The number of ether oxygens (including phenoxy) is 1. The fraction of sp³-hybridized carbons (Fsp3) is 0.875. The summed E-state index contributed by atoms with van der Waals surface area (Å²) >= 11 is 0. The normalized spacial score (nSPS) is 30.2. The highest BCUT2D eigenvalue weighted by Crippen LogP contribution is 2.35. The second-order valence-electron chi connectivity index (χ2n) is 5.87. The number of rotatable bonds is 6. The van der Waals surface area contributed by atoms with Gasteiger partial charge in [0, 0.05) is 12.6 Å². The van der Waals surface area contributed by atoms with Crippen LogP contribution in [0.25, 0.3) is 0 Å². The molecule has 0 bridgehead atoms. The maximum absolute atomic E-state index is 5.65. The summed E-state index contributed by atoms with van der Waals surface area (Å²) in [5.41, 5.74) is 1.68. The molecule has 2 aliphatic carbocycles. The Morgan fingerprint density at radius 2 is 2.17 bits per heavy atom. The van der Waals surface area contributed by atoms with Crippen LogP contribution in [0.5, 0.6) is 0 Å². The molecule has 2 heteroatoms. The highest BCUT2D eigenvalue weighted by atomic mass is 16.5. The molecule has 1 atom stereocenters. The van der Waals surface area contributed by atoms with E-state index < -0.39 is 0 Å². The topological polar surface area (TPSA) is 21.3 Å². The molecule has 2 rings (SSSR count). The van der Waals surface area contributed by atoms with Gasteiger partial charge in [-0.3, -0.25) is 0 Å². The molecule has 0 aromatic rings. The van der Waals surface area contributed by atoms with Gasteiger partial charge in [0.1, 0.15) is 0 Å². The SMILES string of the molecule is CCOC1CC(CC(NC)C2=CCCCCC2)C1. The molecule has 2 aliphatic rings. The molecule has 0 amide bonds. The third-order valence-corrected chi connectivity index (χ3v) is 4.54. The average Bonchev–Trinajstić information content (AvgIpc) is 2.61. The van der Waals surface area contributed by atoms with Gasteiger partial charge in [-0.25, -0.2) is 0 Å². The van der Waals surface area contributed by atoms with Crippen molar-refractivity contribution in [2.24, 2.45) is 5.92 Å². The van der Waals surface area contributed by atoms with E-state index in [-0.39, 0.29) is 0 Å². The zero-order valence-corrected chi connectivity index (χ0v) is 12.1. The Hall–Kier alpha value is -0.340. The van der Waals surface area contributed by atoms with E-state index in [9.17, 15) is 0 Å². The minimum absolute atomic E-state index is 0.556. The molecule has 1 fully saturated rings. The Bertz CT molecular complexity index is 268. The van der Waals surface area contributed by atoms with Gasteiger partial charge in [0.05, 0.1) is 6.10 Å². The van der Waals surface area contributed by atoms with Gasteiger partial charge in [-0.15, -0.1) is 0 Å². The van der Waals surface area contributed by atoms with Crippen molar-refractivity contribution < 1.29 is 4.74 Å². The quantitative estimate of drug-likeness (QED) is 0.727. The van der Waals surface area contributed by atoms with Gasteiger partial charge in [0.15, 0.2) is 0 Å². The summed E-state index contributed by atoms with van der Waals surface area (Å²) in [5, 5.41) is 3.54. The first-order chi connectivity index (χ1) is 8.83. The van der Waals surface area contributed by atoms with Gasteiger partial charge >= 0.3 is 0 Å². The lowest BCUT2D eigenvalue weighted by Gasteiger charge is -2.37. The largest absolute Gasteiger partial charge is 0.378 e. The third kappa shape index (κ3) is 3.83. The van der Waals surface area contributed by atoms with E-state index in [1.54, 1.807) is 5.57 Å². The molecule has 0 spiro atoms. The monoisotopic (exact) mass is 251 g/mol. The summed E-state index contributed by atoms with van der Waals surface area (Å²) in [5.74, 6) is 0.878. The van der Waals surface area contributed by atoms with Crippen LogP contribution >= 0.6 is 0 Å². The number of likely N-dealkylation sites (N-methyl/N-ethyl adjacent to an activating group) is 1. The number of hydrogen-bond acceptors (Lipinski definition) is 2. The number of allylic oxidation sites excluding steroid dienone is 1. The lowest BCUT2D eigenvalue weighted by atomic mass is 9.76. The van der Waals surface area contributed by atoms with Crippen LogP contribution in [0.3, 0.4) is 0 Å². The first-order valence-corrected chi connectivity index (χ1v) is 7.81. The fourth-order valence-corrected chi connectivity index (χ4v) is 3.38. The van der Waals surface area contributed by atoms with Crippen molar-refractivity contribution in [3.63, 3.8) is 0 Å². The lowest BCUT2D eigenvalue weighted by molar-refractivity contribution is -0.0280. The summed E-state index contributed by atoms with van der Waals surface area (Å²) in [4.78, 5) is 0. The summed E-state index contributed by atoms with van der Waals surface area (Å²) in [6.07, 6.45) is 13.7. The number of nitrogens with one attached hydrogen (secondary N) is 1. The smallest absolute Gasteiger partial charge is 0.0580 e. The predicted molar refractivity (Wildman–Crippen MR) is 76.8 cm³/mol. The van der Waals surface area contributed by atoms with Crippen molar-refractivity contribution in [2.45, 2.75) is 70.4 Å². The highest BCUT2D eigenvalue weighted by molar-refractivity contribution is 5.12. The second kappa shape index (κ2) is 7.30. The molecule has 0 heterocycles. The van der Waals surface area contributed by atoms with E-state index in [1.807, 2.05) is 0 Å². The van der Waals surface area contributed by atoms with E-state index >= 15 is 0 Å².